The van der Waals surface area contributed by atoms with Gasteiger partial charge < -0.3 is 10.2 Å². The van der Waals surface area contributed by atoms with Crippen LogP contribution in [0, 0.1) is 5.92 Å². The molecule has 0 radical (unpaired) electrons. The predicted octanol–water partition coefficient (Wildman–Crippen LogP) is 2.18. The van der Waals surface area contributed by atoms with Gasteiger partial charge in [0.2, 0.25) is 5.91 Å². The summed E-state index contributed by atoms with van der Waals surface area (Å²) in [5.74, 6) is 0.479. The van der Waals surface area contributed by atoms with Crippen LogP contribution in [0.15, 0.2) is 47.4 Å². The highest BCUT2D eigenvalue weighted by molar-refractivity contribution is 5.85. The summed E-state index contributed by atoms with van der Waals surface area (Å²) < 4.78 is 1.61. The number of piperidine rings is 1. The second kappa shape index (κ2) is 10.2. The molecule has 6 nitrogen and oxygen atoms in total. The molecule has 0 atom stereocenters. The molecular formula is C20H27ClN4O2. The summed E-state index contributed by atoms with van der Waals surface area (Å²) >= 11 is 0. The molecule has 3 rings (SSSR count). The molecule has 1 fully saturated rings. The molecule has 1 aromatic heterocycles. The Morgan fingerprint density at radius 3 is 2.56 bits per heavy atom. The van der Waals surface area contributed by atoms with Crippen molar-refractivity contribution in [1.29, 1.82) is 0 Å². The van der Waals surface area contributed by atoms with Gasteiger partial charge in [-0.3, -0.25) is 9.59 Å². The second-order valence-corrected chi connectivity index (χ2v) is 6.87. The van der Waals surface area contributed by atoms with E-state index in [0.717, 1.165) is 38.0 Å². The number of nitrogens with zero attached hydrogens (tertiary/aromatic N) is 3. The first kappa shape index (κ1) is 21.1. The van der Waals surface area contributed by atoms with Crippen LogP contribution in [-0.2, 0) is 11.3 Å². The molecule has 2 heterocycles. The fourth-order valence-electron chi connectivity index (χ4n) is 3.45. The Labute approximate surface area is 166 Å². The molecule has 146 valence electrons. The first-order chi connectivity index (χ1) is 12.6. The van der Waals surface area contributed by atoms with Crippen molar-refractivity contribution in [1.82, 2.24) is 20.0 Å². The lowest BCUT2D eigenvalue weighted by molar-refractivity contribution is -0.119. The zero-order valence-corrected chi connectivity index (χ0v) is 16.5. The van der Waals surface area contributed by atoms with Crippen molar-refractivity contribution in [2.75, 3.05) is 26.2 Å². The highest BCUT2D eigenvalue weighted by Crippen LogP contribution is 2.19. The van der Waals surface area contributed by atoms with Crippen LogP contribution in [-0.4, -0.2) is 46.8 Å². The minimum absolute atomic E-state index is 0. The van der Waals surface area contributed by atoms with Gasteiger partial charge in [-0.25, -0.2) is 4.68 Å². The third kappa shape index (κ3) is 5.91. The van der Waals surface area contributed by atoms with Crippen LogP contribution < -0.4 is 10.9 Å². The van der Waals surface area contributed by atoms with E-state index in [4.69, 9.17) is 0 Å². The van der Waals surface area contributed by atoms with Gasteiger partial charge >= 0.3 is 0 Å². The fourth-order valence-corrected chi connectivity index (χ4v) is 3.45. The number of carbonyl (C=O) groups is 1. The molecule has 0 bridgehead atoms. The van der Waals surface area contributed by atoms with Crippen LogP contribution in [0.3, 0.4) is 0 Å². The molecule has 1 saturated heterocycles. The Morgan fingerprint density at radius 2 is 1.89 bits per heavy atom. The quantitative estimate of drug-likeness (QED) is 0.820. The van der Waals surface area contributed by atoms with Crippen molar-refractivity contribution in [3.05, 3.63) is 52.9 Å². The van der Waals surface area contributed by atoms with Crippen molar-refractivity contribution in [3.63, 3.8) is 0 Å². The van der Waals surface area contributed by atoms with Crippen molar-refractivity contribution >= 4 is 18.3 Å². The molecule has 1 amide bonds. The Hall–Kier alpha value is -2.18. The maximum Gasteiger partial charge on any atom is 0.274 e. The third-order valence-corrected chi connectivity index (χ3v) is 4.94. The highest BCUT2D eigenvalue weighted by atomic mass is 35.5. The number of benzene rings is 1. The summed E-state index contributed by atoms with van der Waals surface area (Å²) in [5, 5.41) is 7.13. The number of carbonyl (C=O) groups excluding carboxylic acids is 1. The van der Waals surface area contributed by atoms with E-state index in [9.17, 15) is 9.59 Å². The van der Waals surface area contributed by atoms with Gasteiger partial charge in [-0.05, 0) is 43.5 Å². The van der Waals surface area contributed by atoms with Gasteiger partial charge in [0.05, 0.1) is 5.56 Å². The van der Waals surface area contributed by atoms with Crippen LogP contribution in [0.2, 0.25) is 0 Å². The first-order valence-corrected chi connectivity index (χ1v) is 9.22. The van der Waals surface area contributed by atoms with Crippen LogP contribution in [0.5, 0.6) is 0 Å². The highest BCUT2D eigenvalue weighted by Gasteiger charge is 2.20. The van der Waals surface area contributed by atoms with Gasteiger partial charge in [-0.2, -0.15) is 5.10 Å². The lowest BCUT2D eigenvalue weighted by Crippen LogP contribution is -2.40. The smallest absolute Gasteiger partial charge is 0.274 e. The number of likely N-dealkylation sites (tertiary alicyclic amines) is 1. The monoisotopic (exact) mass is 390 g/mol. The Bertz CT molecular complexity index is 786. The minimum atomic E-state index is -0.0215. The van der Waals surface area contributed by atoms with Gasteiger partial charge in [-0.1, -0.05) is 30.3 Å². The second-order valence-electron chi connectivity index (χ2n) is 6.87. The summed E-state index contributed by atoms with van der Waals surface area (Å²) in [6.45, 7) is 5.78. The van der Waals surface area contributed by atoms with Crippen molar-refractivity contribution in [3.8, 4) is 11.1 Å². The summed E-state index contributed by atoms with van der Waals surface area (Å²) in [5.41, 5.74) is 1.61. The van der Waals surface area contributed by atoms with E-state index in [1.54, 1.807) is 23.9 Å². The van der Waals surface area contributed by atoms with Crippen molar-refractivity contribution in [2.24, 2.45) is 5.92 Å². The Kier molecular flexibility index (Phi) is 8.00. The molecule has 0 aliphatic carbocycles. The van der Waals surface area contributed by atoms with Gasteiger partial charge in [0, 0.05) is 32.8 Å². The van der Waals surface area contributed by atoms with E-state index in [2.05, 4.69) is 15.3 Å². The largest absolute Gasteiger partial charge is 0.355 e. The van der Waals surface area contributed by atoms with Gasteiger partial charge in [-0.15, -0.1) is 12.4 Å². The summed E-state index contributed by atoms with van der Waals surface area (Å²) in [7, 11) is 0. The van der Waals surface area contributed by atoms with Crippen molar-refractivity contribution < 1.29 is 4.79 Å². The number of nitrogens with one attached hydrogen (secondary N) is 1. The molecule has 1 aliphatic rings. The topological polar surface area (TPSA) is 67.2 Å². The molecule has 1 N–H and O–H groups in total. The van der Waals surface area contributed by atoms with Gasteiger partial charge in [0.15, 0.2) is 0 Å². The summed E-state index contributed by atoms with van der Waals surface area (Å²) in [6, 6.07) is 11.5. The van der Waals surface area contributed by atoms with E-state index < -0.39 is 0 Å². The summed E-state index contributed by atoms with van der Waals surface area (Å²) in [6.07, 6.45) is 3.81. The average Bonchev–Trinajstić information content (AvgIpc) is 2.65. The molecule has 7 heteroatoms. The van der Waals surface area contributed by atoms with E-state index in [0.29, 0.717) is 24.6 Å². The lowest BCUT2D eigenvalue weighted by Gasteiger charge is -2.31. The normalized spacial score (nSPS) is 15.1. The Morgan fingerprint density at radius 1 is 1.19 bits per heavy atom. The molecule has 2 aromatic rings. The predicted molar refractivity (Wildman–Crippen MR) is 109 cm³/mol. The average molecular weight is 391 g/mol. The number of halogens is 1. The van der Waals surface area contributed by atoms with Gasteiger partial charge in [0.1, 0.15) is 0 Å². The van der Waals surface area contributed by atoms with E-state index in [-0.39, 0.29) is 23.9 Å². The van der Waals surface area contributed by atoms with Crippen LogP contribution >= 0.6 is 12.4 Å². The summed E-state index contributed by atoms with van der Waals surface area (Å²) in [4.78, 5) is 26.1. The van der Waals surface area contributed by atoms with E-state index >= 15 is 0 Å². The zero-order chi connectivity index (χ0) is 18.4. The number of hydrogen-bond donors (Lipinski definition) is 1. The maximum absolute atomic E-state index is 12.8. The molecule has 27 heavy (non-hydrogen) atoms. The standard InChI is InChI=1S/C20H26N4O2.ClH/c1-16(25)21-11-14-23-12-8-17(9-13-23)15-24-20(26)19(7-10-22-24)18-5-3-2-4-6-18;/h2-7,10,17H,8-9,11-15H2,1H3,(H,21,25);1H. The number of aromatic nitrogens is 2. The molecule has 0 saturated carbocycles. The molecule has 1 aliphatic heterocycles. The minimum Gasteiger partial charge on any atom is -0.355 e. The Balaban J connectivity index is 0.00000261. The van der Waals surface area contributed by atoms with Crippen LogP contribution in [0.4, 0.5) is 0 Å². The first-order valence-electron chi connectivity index (χ1n) is 9.22. The fraction of sp³-hybridized carbons (Fsp3) is 0.450. The lowest BCUT2D eigenvalue weighted by atomic mass is 9.96. The zero-order valence-electron chi connectivity index (χ0n) is 15.6. The molecular weight excluding hydrogens is 364 g/mol. The maximum atomic E-state index is 12.8. The van der Waals surface area contributed by atoms with Crippen LogP contribution in [0.25, 0.3) is 11.1 Å². The molecule has 0 unspecified atom stereocenters. The third-order valence-electron chi connectivity index (χ3n) is 4.94. The van der Waals surface area contributed by atoms with Gasteiger partial charge in [0.25, 0.3) is 5.56 Å². The van der Waals surface area contributed by atoms with Crippen LogP contribution in [0.1, 0.15) is 19.8 Å². The van der Waals surface area contributed by atoms with Crippen molar-refractivity contribution in [2.45, 2.75) is 26.3 Å². The number of hydrogen-bond acceptors (Lipinski definition) is 4. The van der Waals surface area contributed by atoms with E-state index in [1.807, 2.05) is 30.3 Å². The molecule has 0 spiro atoms. The number of amides is 1. The van der Waals surface area contributed by atoms with E-state index in [1.165, 1.54) is 0 Å². The molecule has 1 aromatic carbocycles. The SMILES string of the molecule is CC(=O)NCCN1CCC(Cn2nccc(-c3ccccc3)c2=O)CC1.Cl. The number of rotatable bonds is 6.